The highest BCUT2D eigenvalue weighted by molar-refractivity contribution is 6.22. The van der Waals surface area contributed by atoms with Crippen LogP contribution in [-0.2, 0) is 6.42 Å². The normalized spacial score (nSPS) is 14.1. The number of aliphatic hydroxyl groups is 1. The minimum atomic E-state index is -3.66. The van der Waals surface area contributed by atoms with Crippen LogP contribution in [0.3, 0.4) is 0 Å². The van der Waals surface area contributed by atoms with Crippen LogP contribution < -0.4 is 0 Å². The molecule has 0 saturated carbocycles. The van der Waals surface area contributed by atoms with Gasteiger partial charge in [-0.25, -0.2) is 4.39 Å². The first-order valence-corrected chi connectivity index (χ1v) is 4.26. The standard InChI is InChI=1S/C9H8ClF3O/c10-9(12,13)8(14)5-6-1-3-7(11)4-2-6/h1-4,8,14H,5H2. The fourth-order valence-corrected chi connectivity index (χ4v) is 1.04. The van der Waals surface area contributed by atoms with E-state index in [4.69, 9.17) is 5.11 Å². The third-order valence-electron chi connectivity index (χ3n) is 1.72. The number of benzene rings is 1. The van der Waals surface area contributed by atoms with Gasteiger partial charge in [-0.2, -0.15) is 8.78 Å². The summed E-state index contributed by atoms with van der Waals surface area (Å²) < 4.78 is 37.1. The molecular formula is C9H8ClF3O. The van der Waals surface area contributed by atoms with Gasteiger partial charge in [-0.3, -0.25) is 0 Å². The van der Waals surface area contributed by atoms with E-state index in [2.05, 4.69) is 11.6 Å². The molecule has 0 aliphatic rings. The average Bonchev–Trinajstić information content (AvgIpc) is 2.07. The molecule has 0 spiro atoms. The van der Waals surface area contributed by atoms with Crippen LogP contribution in [0.2, 0.25) is 0 Å². The molecule has 0 aliphatic carbocycles. The Morgan fingerprint density at radius 2 is 1.79 bits per heavy atom. The molecule has 1 atom stereocenters. The summed E-state index contributed by atoms with van der Waals surface area (Å²) in [4.78, 5) is 0. The summed E-state index contributed by atoms with van der Waals surface area (Å²) in [5.74, 6) is -0.458. The molecule has 0 bridgehead atoms. The van der Waals surface area contributed by atoms with Crippen molar-refractivity contribution in [1.29, 1.82) is 0 Å². The van der Waals surface area contributed by atoms with Crippen LogP contribution in [0.15, 0.2) is 24.3 Å². The highest BCUT2D eigenvalue weighted by Crippen LogP contribution is 2.25. The Bertz CT molecular complexity index is 294. The molecule has 5 heteroatoms. The second kappa shape index (κ2) is 4.19. The molecule has 0 heterocycles. The van der Waals surface area contributed by atoms with Gasteiger partial charge >= 0.3 is 5.38 Å². The van der Waals surface area contributed by atoms with Crippen molar-refractivity contribution in [3.8, 4) is 0 Å². The minimum absolute atomic E-state index is 0.309. The number of aliphatic hydroxyl groups excluding tert-OH is 1. The molecule has 14 heavy (non-hydrogen) atoms. The van der Waals surface area contributed by atoms with Gasteiger partial charge in [0.15, 0.2) is 0 Å². The Morgan fingerprint density at radius 3 is 2.21 bits per heavy atom. The first kappa shape index (κ1) is 11.3. The van der Waals surface area contributed by atoms with Gasteiger partial charge in [0.1, 0.15) is 11.9 Å². The second-order valence-corrected chi connectivity index (χ2v) is 3.39. The molecule has 1 rings (SSSR count). The topological polar surface area (TPSA) is 20.2 Å². The Balaban J connectivity index is 2.65. The molecule has 0 saturated heterocycles. The van der Waals surface area contributed by atoms with Crippen molar-refractivity contribution in [3.05, 3.63) is 35.6 Å². The molecule has 1 aromatic rings. The summed E-state index contributed by atoms with van der Waals surface area (Å²) >= 11 is 4.61. The van der Waals surface area contributed by atoms with Gasteiger partial charge in [0, 0.05) is 6.42 Å². The van der Waals surface area contributed by atoms with Crippen LogP contribution in [0.25, 0.3) is 0 Å². The summed E-state index contributed by atoms with van der Waals surface area (Å²) in [5.41, 5.74) is 0.402. The van der Waals surface area contributed by atoms with Gasteiger partial charge in [0.05, 0.1) is 0 Å². The third kappa shape index (κ3) is 3.20. The predicted octanol–water partition coefficient (Wildman–Crippen LogP) is 2.56. The summed E-state index contributed by atoms with van der Waals surface area (Å²) in [6.07, 6.45) is -2.27. The lowest BCUT2D eigenvalue weighted by Gasteiger charge is -2.15. The number of hydrogen-bond acceptors (Lipinski definition) is 1. The van der Waals surface area contributed by atoms with Crippen molar-refractivity contribution in [2.75, 3.05) is 0 Å². The SMILES string of the molecule is OC(Cc1ccc(F)cc1)C(F)(F)Cl. The van der Waals surface area contributed by atoms with E-state index in [1.165, 1.54) is 12.1 Å². The van der Waals surface area contributed by atoms with Crippen LogP contribution in [0.5, 0.6) is 0 Å². The number of halogens is 4. The van der Waals surface area contributed by atoms with E-state index < -0.39 is 17.3 Å². The molecule has 1 nitrogen and oxygen atoms in total. The van der Waals surface area contributed by atoms with Gasteiger partial charge in [-0.15, -0.1) is 0 Å². The van der Waals surface area contributed by atoms with Gasteiger partial charge in [0.25, 0.3) is 0 Å². The third-order valence-corrected chi connectivity index (χ3v) is 1.97. The molecule has 1 unspecified atom stereocenters. The van der Waals surface area contributed by atoms with Crippen LogP contribution in [0, 0.1) is 5.82 Å². The maximum atomic E-state index is 12.4. The Hall–Kier alpha value is -0.740. The van der Waals surface area contributed by atoms with Crippen LogP contribution >= 0.6 is 11.6 Å². The quantitative estimate of drug-likeness (QED) is 0.783. The van der Waals surface area contributed by atoms with E-state index in [0.29, 0.717) is 5.56 Å². The highest BCUT2D eigenvalue weighted by Gasteiger charge is 2.35. The Labute approximate surface area is 84.1 Å². The maximum absolute atomic E-state index is 12.4. The van der Waals surface area contributed by atoms with Crippen LogP contribution in [-0.4, -0.2) is 16.6 Å². The van der Waals surface area contributed by atoms with Crippen molar-refractivity contribution in [3.63, 3.8) is 0 Å². The smallest absolute Gasteiger partial charge is 0.347 e. The summed E-state index contributed by atoms with van der Waals surface area (Å²) in [5, 5.41) is 5.27. The molecule has 1 N–H and O–H groups in total. The largest absolute Gasteiger partial charge is 0.385 e. The molecule has 0 radical (unpaired) electrons. The van der Waals surface area contributed by atoms with Gasteiger partial charge in [0.2, 0.25) is 0 Å². The van der Waals surface area contributed by atoms with E-state index in [1.807, 2.05) is 0 Å². The van der Waals surface area contributed by atoms with Crippen LogP contribution in [0.1, 0.15) is 5.56 Å². The van der Waals surface area contributed by atoms with Gasteiger partial charge in [-0.05, 0) is 29.3 Å². The second-order valence-electron chi connectivity index (χ2n) is 2.89. The van der Waals surface area contributed by atoms with Crippen molar-refractivity contribution >= 4 is 11.6 Å². The van der Waals surface area contributed by atoms with Crippen molar-refractivity contribution in [2.24, 2.45) is 0 Å². The lowest BCUT2D eigenvalue weighted by Crippen LogP contribution is -2.29. The van der Waals surface area contributed by atoms with E-state index in [-0.39, 0.29) is 6.42 Å². The monoisotopic (exact) mass is 224 g/mol. The minimum Gasteiger partial charge on any atom is -0.385 e. The average molecular weight is 225 g/mol. The number of alkyl halides is 3. The lowest BCUT2D eigenvalue weighted by molar-refractivity contribution is -0.0397. The van der Waals surface area contributed by atoms with Crippen molar-refractivity contribution < 1.29 is 18.3 Å². The Kier molecular flexibility index (Phi) is 3.39. The molecule has 78 valence electrons. The summed E-state index contributed by atoms with van der Waals surface area (Å²) in [7, 11) is 0. The van der Waals surface area contributed by atoms with E-state index in [1.54, 1.807) is 0 Å². The lowest BCUT2D eigenvalue weighted by atomic mass is 10.1. The summed E-state index contributed by atoms with van der Waals surface area (Å²) in [6, 6.07) is 4.91. The first-order chi connectivity index (χ1) is 6.39. The van der Waals surface area contributed by atoms with Gasteiger partial charge < -0.3 is 5.11 Å². The predicted molar refractivity (Wildman–Crippen MR) is 46.9 cm³/mol. The van der Waals surface area contributed by atoms with Crippen LogP contribution in [0.4, 0.5) is 13.2 Å². The van der Waals surface area contributed by atoms with Crippen molar-refractivity contribution in [1.82, 2.24) is 0 Å². The zero-order chi connectivity index (χ0) is 10.8. The molecule has 0 aromatic heterocycles. The first-order valence-electron chi connectivity index (χ1n) is 3.89. The number of hydrogen-bond donors (Lipinski definition) is 1. The Morgan fingerprint density at radius 1 is 1.29 bits per heavy atom. The fraction of sp³-hybridized carbons (Fsp3) is 0.333. The van der Waals surface area contributed by atoms with Crippen molar-refractivity contribution in [2.45, 2.75) is 17.9 Å². The fourth-order valence-electron chi connectivity index (χ4n) is 0.959. The van der Waals surface area contributed by atoms with Gasteiger partial charge in [-0.1, -0.05) is 12.1 Å². The molecule has 1 aromatic carbocycles. The summed E-state index contributed by atoms with van der Waals surface area (Å²) in [6.45, 7) is 0. The molecule has 0 fully saturated rings. The van der Waals surface area contributed by atoms with E-state index in [0.717, 1.165) is 12.1 Å². The number of rotatable bonds is 3. The molecular weight excluding hydrogens is 217 g/mol. The van der Waals surface area contributed by atoms with E-state index >= 15 is 0 Å². The maximum Gasteiger partial charge on any atom is 0.347 e. The molecule has 0 aliphatic heterocycles. The molecule has 0 amide bonds. The zero-order valence-corrected chi connectivity index (χ0v) is 7.81. The highest BCUT2D eigenvalue weighted by atomic mass is 35.5. The zero-order valence-electron chi connectivity index (χ0n) is 7.05. The van der Waals surface area contributed by atoms with E-state index in [9.17, 15) is 13.2 Å².